The Kier molecular flexibility index (Phi) is 7.11. The lowest BCUT2D eigenvalue weighted by Crippen LogP contribution is -2.51. The molecule has 0 radical (unpaired) electrons. The highest BCUT2D eigenvalue weighted by Gasteiger charge is 2.40. The van der Waals surface area contributed by atoms with Gasteiger partial charge in [0.15, 0.2) is 5.52 Å². The Balaban J connectivity index is 1.47. The molecule has 2 aromatic rings. The van der Waals surface area contributed by atoms with Crippen molar-refractivity contribution >= 4 is 27.0 Å². The van der Waals surface area contributed by atoms with Gasteiger partial charge in [-0.2, -0.15) is 9.40 Å². The van der Waals surface area contributed by atoms with Crippen LogP contribution in [-0.2, 0) is 23.5 Å². The number of nitrogens with zero attached hydrogens (tertiary/aromatic N) is 6. The van der Waals surface area contributed by atoms with Gasteiger partial charge in [0.25, 0.3) is 5.56 Å². The van der Waals surface area contributed by atoms with Gasteiger partial charge in [0.1, 0.15) is 5.52 Å². The molecule has 1 N–H and O–H groups in total. The maximum absolute atomic E-state index is 12.9. The van der Waals surface area contributed by atoms with Crippen LogP contribution in [-0.4, -0.2) is 88.4 Å². The highest BCUT2D eigenvalue weighted by Crippen LogP contribution is 2.31. The Hall–Kier alpha value is -1.98. The summed E-state index contributed by atoms with van der Waals surface area (Å²) in [7, 11) is -1.31. The molecule has 11 heteroatoms. The summed E-state index contributed by atoms with van der Waals surface area (Å²) in [6.45, 7) is 11.2. The van der Waals surface area contributed by atoms with Crippen LogP contribution < -0.4 is 10.5 Å². The molecule has 2 aromatic heterocycles. The summed E-state index contributed by atoms with van der Waals surface area (Å²) in [6.07, 6.45) is 3.33. The number of nitrogens with one attached hydrogen (secondary N) is 1. The Labute approximate surface area is 196 Å². The van der Waals surface area contributed by atoms with Crippen LogP contribution >= 0.6 is 0 Å². The minimum Gasteiger partial charge on any atom is -0.341 e. The molecule has 184 valence electrons. The molecule has 0 atom stereocenters. The first-order chi connectivity index (χ1) is 15.7. The lowest BCUT2D eigenvalue weighted by Gasteiger charge is -2.35. The number of hydrogen-bond donors (Lipinski definition) is 1. The lowest BCUT2D eigenvalue weighted by atomic mass is 10.2. The van der Waals surface area contributed by atoms with Crippen LogP contribution in [0.2, 0.25) is 0 Å². The number of H-pyrrole nitrogens is 1. The first kappa shape index (κ1) is 24.2. The predicted octanol–water partition coefficient (Wildman–Crippen LogP) is 1.18. The van der Waals surface area contributed by atoms with Crippen LogP contribution in [0.15, 0.2) is 4.79 Å². The Morgan fingerprint density at radius 3 is 2.48 bits per heavy atom. The number of sulfonamides is 1. The molecule has 2 aliphatic rings. The third-order valence-electron chi connectivity index (χ3n) is 6.44. The maximum Gasteiger partial charge on any atom is 0.278 e. The number of anilines is 1. The fourth-order valence-corrected chi connectivity index (χ4v) is 6.39. The van der Waals surface area contributed by atoms with Crippen molar-refractivity contribution in [3.8, 4) is 0 Å². The van der Waals surface area contributed by atoms with Crippen LogP contribution in [0.1, 0.15) is 45.7 Å². The molecule has 2 fully saturated rings. The molecule has 0 aromatic carbocycles. The normalized spacial score (nSPS) is 18.5. The summed E-state index contributed by atoms with van der Waals surface area (Å²) >= 11 is 0. The number of hydrogen-bond acceptors (Lipinski definition) is 7. The molecule has 0 amide bonds. The van der Waals surface area contributed by atoms with E-state index in [-0.39, 0.29) is 10.8 Å². The first-order valence-corrected chi connectivity index (χ1v) is 13.6. The SMILES string of the molecule is CCCc1nn(C)c2c(=O)[nH]c(N(CCN3CCN(S(=O)(=O)C4CC4)CC3)CC(C)C)nc12. The van der Waals surface area contributed by atoms with Crippen molar-refractivity contribution in [2.24, 2.45) is 13.0 Å². The second kappa shape index (κ2) is 9.71. The third kappa shape index (κ3) is 5.25. The average molecular weight is 480 g/mol. The van der Waals surface area contributed by atoms with Gasteiger partial charge in [0.05, 0.1) is 10.9 Å². The minimum absolute atomic E-state index is 0.145. The maximum atomic E-state index is 12.9. The van der Waals surface area contributed by atoms with Crippen molar-refractivity contribution in [1.82, 2.24) is 29.0 Å². The molecule has 10 nitrogen and oxygen atoms in total. The van der Waals surface area contributed by atoms with Crippen molar-refractivity contribution in [3.05, 3.63) is 16.0 Å². The molecule has 1 aliphatic carbocycles. The molecule has 0 unspecified atom stereocenters. The van der Waals surface area contributed by atoms with Gasteiger partial charge in [-0.05, 0) is 25.2 Å². The third-order valence-corrected chi connectivity index (χ3v) is 8.84. The van der Waals surface area contributed by atoms with Crippen LogP contribution in [0.4, 0.5) is 5.95 Å². The number of aromatic amines is 1. The van der Waals surface area contributed by atoms with Crippen LogP contribution in [0.25, 0.3) is 11.0 Å². The van der Waals surface area contributed by atoms with Gasteiger partial charge in [-0.15, -0.1) is 0 Å². The van der Waals surface area contributed by atoms with Gasteiger partial charge in [-0.25, -0.2) is 13.4 Å². The van der Waals surface area contributed by atoms with E-state index in [1.54, 1.807) is 16.0 Å². The zero-order valence-corrected chi connectivity index (χ0v) is 21.1. The standard InChI is InChI=1S/C22H37N7O3S/c1-5-6-18-19-20(26(4)25-18)21(30)24-22(23-19)28(15-16(2)3)12-9-27-10-13-29(14-11-27)33(31,32)17-7-8-17/h16-17H,5-15H2,1-4H3,(H,23,24,30). The molecule has 1 saturated carbocycles. The molecule has 3 heterocycles. The molecule has 33 heavy (non-hydrogen) atoms. The molecule has 1 aliphatic heterocycles. The van der Waals surface area contributed by atoms with Crippen molar-refractivity contribution in [1.29, 1.82) is 0 Å². The van der Waals surface area contributed by atoms with Crippen LogP contribution in [0.3, 0.4) is 0 Å². The lowest BCUT2D eigenvalue weighted by molar-refractivity contribution is 0.191. The van der Waals surface area contributed by atoms with Gasteiger partial charge < -0.3 is 4.90 Å². The predicted molar refractivity (Wildman–Crippen MR) is 130 cm³/mol. The number of rotatable bonds is 10. The van der Waals surface area contributed by atoms with Crippen molar-refractivity contribution in [3.63, 3.8) is 0 Å². The fraction of sp³-hybridized carbons (Fsp3) is 0.773. The van der Waals surface area contributed by atoms with E-state index in [1.165, 1.54) is 0 Å². The quantitative estimate of drug-likeness (QED) is 0.545. The molecule has 0 bridgehead atoms. The van der Waals surface area contributed by atoms with E-state index in [9.17, 15) is 13.2 Å². The number of fused-ring (bicyclic) bond motifs is 1. The van der Waals surface area contributed by atoms with Crippen molar-refractivity contribution in [2.45, 2.75) is 51.7 Å². The summed E-state index contributed by atoms with van der Waals surface area (Å²) < 4.78 is 28.3. The largest absolute Gasteiger partial charge is 0.341 e. The Bertz CT molecular complexity index is 1130. The van der Waals surface area contributed by atoms with Gasteiger partial charge in [-0.3, -0.25) is 19.4 Å². The Morgan fingerprint density at radius 1 is 1.18 bits per heavy atom. The average Bonchev–Trinajstić information content (AvgIpc) is 3.57. The highest BCUT2D eigenvalue weighted by atomic mass is 32.2. The molecule has 1 saturated heterocycles. The second-order valence-corrected chi connectivity index (χ2v) is 11.9. The minimum atomic E-state index is -3.10. The van der Waals surface area contributed by atoms with Gasteiger partial charge in [0.2, 0.25) is 16.0 Å². The van der Waals surface area contributed by atoms with E-state index in [2.05, 4.69) is 40.7 Å². The van der Waals surface area contributed by atoms with E-state index >= 15 is 0 Å². The number of piperazine rings is 1. The van der Waals surface area contributed by atoms with Crippen LogP contribution in [0, 0.1) is 5.92 Å². The number of aryl methyl sites for hydroxylation is 2. The monoisotopic (exact) mass is 479 g/mol. The molecular weight excluding hydrogens is 442 g/mol. The zero-order chi connectivity index (χ0) is 23.8. The molecule has 4 rings (SSSR count). The van der Waals surface area contributed by atoms with E-state index in [1.807, 2.05) is 0 Å². The summed E-state index contributed by atoms with van der Waals surface area (Å²) in [4.78, 5) is 25.1. The highest BCUT2D eigenvalue weighted by molar-refractivity contribution is 7.90. The summed E-state index contributed by atoms with van der Waals surface area (Å²) in [6, 6.07) is 0. The van der Waals surface area contributed by atoms with E-state index in [0.29, 0.717) is 42.5 Å². The van der Waals surface area contributed by atoms with Gasteiger partial charge >= 0.3 is 0 Å². The van der Waals surface area contributed by atoms with E-state index in [0.717, 1.165) is 57.6 Å². The van der Waals surface area contributed by atoms with Gasteiger partial charge in [-0.1, -0.05) is 27.2 Å². The van der Waals surface area contributed by atoms with Crippen LogP contribution in [0.5, 0.6) is 0 Å². The number of aromatic nitrogens is 4. The molecule has 0 spiro atoms. The van der Waals surface area contributed by atoms with Crippen molar-refractivity contribution < 1.29 is 8.42 Å². The first-order valence-electron chi connectivity index (χ1n) is 12.1. The topological polar surface area (TPSA) is 107 Å². The second-order valence-electron chi connectivity index (χ2n) is 9.73. The molecular formula is C22H37N7O3S. The summed E-state index contributed by atoms with van der Waals surface area (Å²) in [5, 5.41) is 4.37. The smallest absolute Gasteiger partial charge is 0.278 e. The van der Waals surface area contributed by atoms with Gasteiger partial charge in [0, 0.05) is 52.9 Å². The van der Waals surface area contributed by atoms with E-state index in [4.69, 9.17) is 4.98 Å². The van der Waals surface area contributed by atoms with Crippen molar-refractivity contribution in [2.75, 3.05) is 50.7 Å². The summed E-state index contributed by atoms with van der Waals surface area (Å²) in [5.74, 6) is 0.983. The summed E-state index contributed by atoms with van der Waals surface area (Å²) in [5.41, 5.74) is 1.89. The fourth-order valence-electron chi connectivity index (χ4n) is 4.56. The van der Waals surface area contributed by atoms with E-state index < -0.39 is 10.0 Å². The Morgan fingerprint density at radius 2 is 1.88 bits per heavy atom. The zero-order valence-electron chi connectivity index (χ0n) is 20.2.